The third-order valence-corrected chi connectivity index (χ3v) is 6.46. The van der Waals surface area contributed by atoms with Crippen molar-refractivity contribution in [1.82, 2.24) is 4.90 Å². The standard InChI is InChI=1S/C24H16Cl3NO3S/c25-18-6-1-16(2-7-18)14-31-20-9-3-15(4-10-20)11-22-23(29)28(24(30)32-22)13-17-5-8-19(26)12-21(17)27/h1-12H,13-14H2/b22-11-. The SMILES string of the molecule is O=C1S/C(=C\c2ccc(OCc3ccc(Cl)cc3)cc2)C(=O)N1Cc1ccc(Cl)cc1Cl. The molecule has 0 saturated carbocycles. The predicted molar refractivity (Wildman–Crippen MR) is 130 cm³/mol. The van der Waals surface area contributed by atoms with E-state index in [0.29, 0.717) is 37.9 Å². The number of halogens is 3. The minimum absolute atomic E-state index is 0.0927. The molecule has 0 N–H and O–H groups in total. The molecule has 162 valence electrons. The van der Waals surface area contributed by atoms with Crippen molar-refractivity contribution in [2.24, 2.45) is 0 Å². The zero-order valence-corrected chi connectivity index (χ0v) is 19.6. The largest absolute Gasteiger partial charge is 0.489 e. The first-order valence-corrected chi connectivity index (χ1v) is 11.5. The minimum Gasteiger partial charge on any atom is -0.489 e. The Morgan fingerprint density at radius 3 is 2.25 bits per heavy atom. The van der Waals surface area contributed by atoms with Crippen LogP contribution in [0.1, 0.15) is 16.7 Å². The first kappa shape index (κ1) is 22.7. The number of imide groups is 1. The van der Waals surface area contributed by atoms with E-state index in [2.05, 4.69) is 0 Å². The molecule has 0 radical (unpaired) electrons. The molecular formula is C24H16Cl3NO3S. The van der Waals surface area contributed by atoms with E-state index in [1.54, 1.807) is 24.3 Å². The Labute approximate surface area is 204 Å². The van der Waals surface area contributed by atoms with Crippen LogP contribution in [-0.2, 0) is 17.9 Å². The molecule has 0 aliphatic carbocycles. The van der Waals surface area contributed by atoms with Crippen LogP contribution in [0.5, 0.6) is 5.75 Å². The number of rotatable bonds is 6. The van der Waals surface area contributed by atoms with Gasteiger partial charge in [0.1, 0.15) is 12.4 Å². The highest BCUT2D eigenvalue weighted by molar-refractivity contribution is 8.18. The smallest absolute Gasteiger partial charge is 0.293 e. The summed E-state index contributed by atoms with van der Waals surface area (Å²) >= 11 is 18.9. The van der Waals surface area contributed by atoms with Gasteiger partial charge >= 0.3 is 0 Å². The van der Waals surface area contributed by atoms with Crippen LogP contribution < -0.4 is 4.74 Å². The summed E-state index contributed by atoms with van der Waals surface area (Å²) in [6, 6.07) is 19.7. The average molecular weight is 505 g/mol. The van der Waals surface area contributed by atoms with Gasteiger partial charge in [0.25, 0.3) is 11.1 Å². The minimum atomic E-state index is -0.353. The summed E-state index contributed by atoms with van der Waals surface area (Å²) in [7, 11) is 0. The molecule has 1 aliphatic rings. The van der Waals surface area contributed by atoms with Crippen LogP contribution in [0.2, 0.25) is 15.1 Å². The summed E-state index contributed by atoms with van der Waals surface area (Å²) in [5.41, 5.74) is 2.45. The molecule has 4 rings (SSSR count). The van der Waals surface area contributed by atoms with Crippen LogP contribution in [0.4, 0.5) is 4.79 Å². The fourth-order valence-electron chi connectivity index (χ4n) is 3.02. The summed E-state index contributed by atoms with van der Waals surface area (Å²) in [5.74, 6) is 0.344. The van der Waals surface area contributed by atoms with Gasteiger partial charge in [-0.3, -0.25) is 14.5 Å². The predicted octanol–water partition coefficient (Wildman–Crippen LogP) is 7.46. The lowest BCUT2D eigenvalue weighted by Gasteiger charge is -2.13. The van der Waals surface area contributed by atoms with Crippen LogP contribution >= 0.6 is 46.6 Å². The van der Waals surface area contributed by atoms with Crippen molar-refractivity contribution in [1.29, 1.82) is 0 Å². The van der Waals surface area contributed by atoms with Gasteiger partial charge in [-0.2, -0.15) is 0 Å². The zero-order chi connectivity index (χ0) is 22.7. The molecule has 1 saturated heterocycles. The number of ether oxygens (including phenoxy) is 1. The maximum Gasteiger partial charge on any atom is 0.293 e. The van der Waals surface area contributed by atoms with E-state index in [1.807, 2.05) is 48.5 Å². The molecule has 32 heavy (non-hydrogen) atoms. The number of thioether (sulfide) groups is 1. The molecule has 0 bridgehead atoms. The molecule has 1 heterocycles. The van der Waals surface area contributed by atoms with E-state index < -0.39 is 0 Å². The maximum absolute atomic E-state index is 12.8. The number of hydrogen-bond acceptors (Lipinski definition) is 4. The van der Waals surface area contributed by atoms with Crippen molar-refractivity contribution < 1.29 is 14.3 Å². The van der Waals surface area contributed by atoms with Gasteiger partial charge in [-0.1, -0.05) is 65.1 Å². The fraction of sp³-hybridized carbons (Fsp3) is 0.0833. The number of amides is 2. The van der Waals surface area contributed by atoms with E-state index in [4.69, 9.17) is 39.5 Å². The first-order chi connectivity index (χ1) is 15.4. The van der Waals surface area contributed by atoms with E-state index >= 15 is 0 Å². The lowest BCUT2D eigenvalue weighted by atomic mass is 10.2. The van der Waals surface area contributed by atoms with Gasteiger partial charge in [-0.05, 0) is 70.9 Å². The van der Waals surface area contributed by atoms with E-state index in [-0.39, 0.29) is 17.7 Å². The normalized spacial score (nSPS) is 15.0. The Morgan fingerprint density at radius 2 is 1.56 bits per heavy atom. The van der Waals surface area contributed by atoms with Gasteiger partial charge in [0.15, 0.2) is 0 Å². The van der Waals surface area contributed by atoms with Gasteiger partial charge < -0.3 is 4.74 Å². The average Bonchev–Trinajstić information content (AvgIpc) is 3.03. The molecule has 3 aromatic rings. The first-order valence-electron chi connectivity index (χ1n) is 9.55. The number of hydrogen-bond donors (Lipinski definition) is 0. The molecule has 3 aromatic carbocycles. The number of nitrogens with zero attached hydrogens (tertiary/aromatic N) is 1. The van der Waals surface area contributed by atoms with Crippen molar-refractivity contribution >= 4 is 63.8 Å². The highest BCUT2D eigenvalue weighted by atomic mass is 35.5. The van der Waals surface area contributed by atoms with Gasteiger partial charge in [0, 0.05) is 15.1 Å². The number of carbonyl (C=O) groups excluding carboxylic acids is 2. The highest BCUT2D eigenvalue weighted by Gasteiger charge is 2.35. The van der Waals surface area contributed by atoms with Crippen molar-refractivity contribution in [3.05, 3.63) is 103 Å². The monoisotopic (exact) mass is 503 g/mol. The molecule has 0 aromatic heterocycles. The molecule has 1 fully saturated rings. The summed E-state index contributed by atoms with van der Waals surface area (Å²) in [4.78, 5) is 26.7. The Hall–Kier alpha value is -2.44. The third kappa shape index (κ3) is 5.48. The topological polar surface area (TPSA) is 46.6 Å². The second-order valence-corrected chi connectivity index (χ2v) is 9.26. The van der Waals surface area contributed by atoms with Gasteiger partial charge in [0.2, 0.25) is 0 Å². The van der Waals surface area contributed by atoms with E-state index in [1.165, 1.54) is 4.90 Å². The van der Waals surface area contributed by atoms with Crippen LogP contribution in [0.3, 0.4) is 0 Å². The molecule has 4 nitrogen and oxygen atoms in total. The van der Waals surface area contributed by atoms with E-state index in [9.17, 15) is 9.59 Å². The summed E-state index contributed by atoms with van der Waals surface area (Å²) in [6.45, 7) is 0.512. The number of benzene rings is 3. The molecule has 0 spiro atoms. The third-order valence-electron chi connectivity index (χ3n) is 4.71. The molecular weight excluding hydrogens is 489 g/mol. The van der Waals surface area contributed by atoms with Gasteiger partial charge in [-0.25, -0.2) is 0 Å². The molecule has 2 amide bonds. The molecule has 8 heteroatoms. The summed E-state index contributed by atoms with van der Waals surface area (Å²) < 4.78 is 5.78. The van der Waals surface area contributed by atoms with Gasteiger partial charge in [-0.15, -0.1) is 0 Å². The highest BCUT2D eigenvalue weighted by Crippen LogP contribution is 2.34. The second-order valence-electron chi connectivity index (χ2n) is 6.99. The lowest BCUT2D eigenvalue weighted by Crippen LogP contribution is -2.27. The second kappa shape index (κ2) is 10.0. The van der Waals surface area contributed by atoms with Crippen molar-refractivity contribution in [3.8, 4) is 5.75 Å². The van der Waals surface area contributed by atoms with Crippen molar-refractivity contribution in [2.75, 3.05) is 0 Å². The zero-order valence-electron chi connectivity index (χ0n) is 16.6. The van der Waals surface area contributed by atoms with Gasteiger partial charge in [0.05, 0.1) is 11.4 Å². The fourth-order valence-corrected chi connectivity index (χ4v) is 4.45. The van der Waals surface area contributed by atoms with E-state index in [0.717, 1.165) is 22.9 Å². The lowest BCUT2D eigenvalue weighted by molar-refractivity contribution is -0.123. The van der Waals surface area contributed by atoms with Crippen molar-refractivity contribution in [3.63, 3.8) is 0 Å². The Morgan fingerprint density at radius 1 is 0.875 bits per heavy atom. The van der Waals surface area contributed by atoms with Crippen molar-refractivity contribution in [2.45, 2.75) is 13.2 Å². The summed E-state index contributed by atoms with van der Waals surface area (Å²) in [6.07, 6.45) is 1.69. The quantitative estimate of drug-likeness (QED) is 0.327. The molecule has 0 atom stereocenters. The van der Waals surface area contributed by atoms with Crippen LogP contribution in [0.25, 0.3) is 6.08 Å². The van der Waals surface area contributed by atoms with Crippen LogP contribution in [-0.4, -0.2) is 16.0 Å². The van der Waals surface area contributed by atoms with Crippen LogP contribution in [0, 0.1) is 0 Å². The maximum atomic E-state index is 12.8. The summed E-state index contributed by atoms with van der Waals surface area (Å²) in [5, 5.41) is 1.25. The number of carbonyl (C=O) groups is 2. The Kier molecular flexibility index (Phi) is 7.11. The molecule has 0 unspecified atom stereocenters. The Bertz CT molecular complexity index is 1190. The van der Waals surface area contributed by atoms with Crippen LogP contribution in [0.15, 0.2) is 71.6 Å². The molecule has 1 aliphatic heterocycles. The Balaban J connectivity index is 1.41.